The molecule has 2 rings (SSSR count). The minimum Gasteiger partial charge on any atom is -0.297 e. The highest BCUT2D eigenvalue weighted by molar-refractivity contribution is 7.98. The summed E-state index contributed by atoms with van der Waals surface area (Å²) in [6, 6.07) is 9.73. The van der Waals surface area contributed by atoms with Crippen LogP contribution < -0.4 is 0 Å². The quantitative estimate of drug-likeness (QED) is 0.600. The molecule has 2 aromatic rings. The summed E-state index contributed by atoms with van der Waals surface area (Å²) in [5.74, 6) is 0.895. The van der Waals surface area contributed by atoms with Crippen molar-refractivity contribution in [1.29, 1.82) is 0 Å². The van der Waals surface area contributed by atoms with E-state index in [1.165, 1.54) is 16.9 Å². The maximum atomic E-state index is 10.5. The largest absolute Gasteiger partial charge is 0.297 e. The van der Waals surface area contributed by atoms with Crippen LogP contribution in [0.15, 0.2) is 40.6 Å². The molecular weight excluding hydrogens is 260 g/mol. The van der Waals surface area contributed by atoms with Crippen molar-refractivity contribution in [1.82, 2.24) is 0 Å². The summed E-state index contributed by atoms with van der Waals surface area (Å²) in [6.07, 6.45) is 0.886. The van der Waals surface area contributed by atoms with Gasteiger partial charge in [0.05, 0.1) is 4.88 Å². The summed E-state index contributed by atoms with van der Waals surface area (Å²) in [5.41, 5.74) is 1.23. The summed E-state index contributed by atoms with van der Waals surface area (Å²) in [4.78, 5) is 12.4. The molecule has 0 aliphatic carbocycles. The molecule has 0 unspecified atom stereocenters. The van der Waals surface area contributed by atoms with Crippen molar-refractivity contribution in [2.75, 3.05) is 0 Å². The number of thioether (sulfide) groups is 1. The Morgan fingerprint density at radius 2 is 2.06 bits per heavy atom. The Bertz CT molecular complexity index is 476. The molecule has 0 aliphatic rings. The van der Waals surface area contributed by atoms with Gasteiger partial charge in [0.15, 0.2) is 6.29 Å². The lowest BCUT2D eigenvalue weighted by Gasteiger charge is -1.99. The molecule has 1 aromatic carbocycles. The Morgan fingerprint density at radius 1 is 1.31 bits per heavy atom. The Balaban J connectivity index is 1.96. The lowest BCUT2D eigenvalue weighted by molar-refractivity contribution is 0.112. The van der Waals surface area contributed by atoms with Crippen LogP contribution in [0.25, 0.3) is 0 Å². The van der Waals surface area contributed by atoms with Crippen molar-refractivity contribution in [3.63, 3.8) is 0 Å². The molecule has 0 fully saturated rings. The van der Waals surface area contributed by atoms with Crippen molar-refractivity contribution in [3.05, 3.63) is 51.2 Å². The first kappa shape index (κ1) is 11.7. The highest BCUT2D eigenvalue weighted by atomic mass is 35.5. The second kappa shape index (κ2) is 5.53. The maximum Gasteiger partial charge on any atom is 0.160 e. The van der Waals surface area contributed by atoms with Gasteiger partial charge in [-0.2, -0.15) is 0 Å². The molecule has 16 heavy (non-hydrogen) atoms. The van der Waals surface area contributed by atoms with E-state index < -0.39 is 0 Å². The van der Waals surface area contributed by atoms with Gasteiger partial charge in [-0.3, -0.25) is 4.79 Å². The van der Waals surface area contributed by atoms with Crippen molar-refractivity contribution < 1.29 is 4.79 Å². The topological polar surface area (TPSA) is 17.1 Å². The Morgan fingerprint density at radius 3 is 2.69 bits per heavy atom. The standard InChI is InChI=1S/C12H9ClOS2/c13-10-3-1-9(2-4-10)7-15-12-5-11(6-14)16-8-12/h1-6,8H,7H2. The average Bonchev–Trinajstić information content (AvgIpc) is 2.76. The first-order valence-corrected chi connectivity index (χ1v) is 6.93. The third-order valence-corrected chi connectivity index (χ3v) is 4.34. The third kappa shape index (κ3) is 3.11. The van der Waals surface area contributed by atoms with Crippen LogP contribution in [0.4, 0.5) is 0 Å². The molecule has 0 atom stereocenters. The molecule has 0 amide bonds. The molecule has 0 spiro atoms. The fraction of sp³-hybridized carbons (Fsp3) is 0.0833. The van der Waals surface area contributed by atoms with Crippen molar-refractivity contribution in [2.24, 2.45) is 0 Å². The molecule has 0 saturated carbocycles. The van der Waals surface area contributed by atoms with Gasteiger partial charge in [-0.15, -0.1) is 23.1 Å². The summed E-state index contributed by atoms with van der Waals surface area (Å²) in [5, 5.41) is 2.76. The van der Waals surface area contributed by atoms with Crippen LogP contribution in [0.5, 0.6) is 0 Å². The molecule has 82 valence electrons. The van der Waals surface area contributed by atoms with Crippen LogP contribution in [-0.2, 0) is 5.75 Å². The third-order valence-electron chi connectivity index (χ3n) is 2.03. The molecule has 0 N–H and O–H groups in total. The highest BCUT2D eigenvalue weighted by Gasteiger charge is 2.00. The Labute approximate surface area is 107 Å². The van der Waals surface area contributed by atoms with E-state index in [9.17, 15) is 4.79 Å². The number of aldehydes is 1. The zero-order valence-corrected chi connectivity index (χ0v) is 10.7. The van der Waals surface area contributed by atoms with Gasteiger partial charge in [-0.25, -0.2) is 0 Å². The molecule has 1 heterocycles. The van der Waals surface area contributed by atoms with Crippen molar-refractivity contribution in [3.8, 4) is 0 Å². The van der Waals surface area contributed by atoms with Gasteiger partial charge < -0.3 is 0 Å². The molecular formula is C12H9ClOS2. The predicted molar refractivity (Wildman–Crippen MR) is 70.7 cm³/mol. The SMILES string of the molecule is O=Cc1cc(SCc2ccc(Cl)cc2)cs1. The molecule has 0 saturated heterocycles. The summed E-state index contributed by atoms with van der Waals surface area (Å²) in [7, 11) is 0. The lowest BCUT2D eigenvalue weighted by Crippen LogP contribution is -1.78. The maximum absolute atomic E-state index is 10.5. The van der Waals surface area contributed by atoms with Gasteiger partial charge in [0, 0.05) is 21.1 Å². The summed E-state index contributed by atoms with van der Waals surface area (Å²) < 4.78 is 0. The monoisotopic (exact) mass is 268 g/mol. The number of hydrogen-bond donors (Lipinski definition) is 0. The van der Waals surface area contributed by atoms with E-state index in [4.69, 9.17) is 11.6 Å². The van der Waals surface area contributed by atoms with Crippen LogP contribution in [-0.4, -0.2) is 6.29 Å². The Hall–Kier alpha value is -0.770. The minimum absolute atomic E-state index is 0.757. The first-order valence-electron chi connectivity index (χ1n) is 4.69. The zero-order valence-electron chi connectivity index (χ0n) is 8.35. The smallest absolute Gasteiger partial charge is 0.160 e. The number of carbonyl (C=O) groups is 1. The number of halogens is 1. The minimum atomic E-state index is 0.757. The average molecular weight is 269 g/mol. The van der Waals surface area contributed by atoms with Crippen LogP contribution in [0, 0.1) is 0 Å². The van der Waals surface area contributed by atoms with E-state index in [-0.39, 0.29) is 0 Å². The van der Waals surface area contributed by atoms with Gasteiger partial charge in [-0.1, -0.05) is 23.7 Å². The van der Waals surface area contributed by atoms with Gasteiger partial charge in [-0.05, 0) is 23.8 Å². The van der Waals surface area contributed by atoms with Crippen LogP contribution >= 0.6 is 34.7 Å². The molecule has 1 nitrogen and oxygen atoms in total. The van der Waals surface area contributed by atoms with Gasteiger partial charge in [0.25, 0.3) is 0 Å². The van der Waals surface area contributed by atoms with Gasteiger partial charge >= 0.3 is 0 Å². The highest BCUT2D eigenvalue weighted by Crippen LogP contribution is 2.27. The van der Waals surface area contributed by atoms with E-state index in [0.717, 1.165) is 26.8 Å². The molecule has 4 heteroatoms. The van der Waals surface area contributed by atoms with Crippen LogP contribution in [0.2, 0.25) is 5.02 Å². The van der Waals surface area contributed by atoms with E-state index in [0.29, 0.717) is 0 Å². The second-order valence-electron chi connectivity index (χ2n) is 3.22. The zero-order chi connectivity index (χ0) is 11.4. The van der Waals surface area contributed by atoms with E-state index in [1.807, 2.05) is 35.7 Å². The van der Waals surface area contributed by atoms with Gasteiger partial charge in [0.2, 0.25) is 0 Å². The predicted octanol–water partition coefficient (Wildman–Crippen LogP) is 4.51. The van der Waals surface area contributed by atoms with Crippen molar-refractivity contribution in [2.45, 2.75) is 10.6 Å². The number of hydrogen-bond acceptors (Lipinski definition) is 3. The first-order chi connectivity index (χ1) is 7.78. The van der Waals surface area contributed by atoms with E-state index in [2.05, 4.69) is 0 Å². The number of benzene rings is 1. The summed E-state index contributed by atoms with van der Waals surface area (Å²) >= 11 is 9.01. The van der Waals surface area contributed by atoms with Crippen LogP contribution in [0.3, 0.4) is 0 Å². The summed E-state index contributed by atoms with van der Waals surface area (Å²) in [6.45, 7) is 0. The molecule has 1 aromatic heterocycles. The second-order valence-corrected chi connectivity index (χ2v) is 5.65. The lowest BCUT2D eigenvalue weighted by atomic mass is 10.2. The number of carbonyl (C=O) groups excluding carboxylic acids is 1. The number of thiophene rings is 1. The normalized spacial score (nSPS) is 10.3. The molecule has 0 radical (unpaired) electrons. The molecule has 0 bridgehead atoms. The van der Waals surface area contributed by atoms with E-state index in [1.54, 1.807) is 11.8 Å². The van der Waals surface area contributed by atoms with Crippen LogP contribution in [0.1, 0.15) is 15.2 Å². The molecule has 0 aliphatic heterocycles. The number of rotatable bonds is 4. The fourth-order valence-electron chi connectivity index (χ4n) is 1.22. The Kier molecular flexibility index (Phi) is 4.04. The fourth-order valence-corrected chi connectivity index (χ4v) is 3.14. The van der Waals surface area contributed by atoms with E-state index >= 15 is 0 Å². The van der Waals surface area contributed by atoms with Gasteiger partial charge in [0.1, 0.15) is 0 Å². The van der Waals surface area contributed by atoms with Crippen molar-refractivity contribution >= 4 is 41.0 Å².